The molecule has 0 bridgehead atoms. The lowest BCUT2D eigenvalue weighted by Crippen LogP contribution is -2.23. The van der Waals surface area contributed by atoms with Crippen LogP contribution in [0.1, 0.15) is 11.7 Å². The Morgan fingerprint density at radius 1 is 1.42 bits per heavy atom. The van der Waals surface area contributed by atoms with Gasteiger partial charge >= 0.3 is 0 Å². The minimum absolute atomic E-state index is 0.0574. The van der Waals surface area contributed by atoms with E-state index >= 15 is 0 Å². The Labute approximate surface area is 114 Å². The number of sulfonamides is 1. The average molecular weight is 303 g/mol. The summed E-state index contributed by atoms with van der Waals surface area (Å²) >= 11 is 5.73. The summed E-state index contributed by atoms with van der Waals surface area (Å²) in [7, 11) is -3.74. The van der Waals surface area contributed by atoms with Crippen LogP contribution in [-0.2, 0) is 16.6 Å². The van der Waals surface area contributed by atoms with Crippen LogP contribution in [0.3, 0.4) is 0 Å². The maximum atomic E-state index is 12.0. The number of rotatable bonds is 4. The van der Waals surface area contributed by atoms with Crippen molar-refractivity contribution < 1.29 is 12.8 Å². The second-order valence-corrected chi connectivity index (χ2v) is 5.90. The van der Waals surface area contributed by atoms with Gasteiger partial charge in [0.05, 0.1) is 17.8 Å². The third kappa shape index (κ3) is 3.22. The van der Waals surface area contributed by atoms with Crippen molar-refractivity contribution in [1.82, 2.24) is 14.7 Å². The quantitative estimate of drug-likeness (QED) is 0.874. The van der Waals surface area contributed by atoms with Gasteiger partial charge in [0.15, 0.2) is 0 Å². The zero-order chi connectivity index (χ0) is 14.0. The zero-order valence-electron chi connectivity index (χ0n) is 9.92. The predicted molar refractivity (Wildman–Crippen MR) is 68.9 cm³/mol. The molecule has 0 fully saturated rings. The van der Waals surface area contributed by atoms with Crippen molar-refractivity contribution >= 4 is 27.4 Å². The molecule has 0 amide bonds. The van der Waals surface area contributed by atoms with E-state index < -0.39 is 10.0 Å². The van der Waals surface area contributed by atoms with Gasteiger partial charge in [0.2, 0.25) is 15.9 Å². The summed E-state index contributed by atoms with van der Waals surface area (Å²) < 4.78 is 31.4. The van der Waals surface area contributed by atoms with Gasteiger partial charge in [-0.25, -0.2) is 23.1 Å². The zero-order valence-corrected chi connectivity index (χ0v) is 11.5. The van der Waals surface area contributed by atoms with Crippen LogP contribution in [-0.4, -0.2) is 18.4 Å². The van der Waals surface area contributed by atoms with Crippen molar-refractivity contribution in [3.63, 3.8) is 0 Å². The largest absolute Gasteiger partial charge is 0.445 e. The molecule has 0 aliphatic carbocycles. The maximum Gasteiger partial charge on any atom is 0.242 e. The standard InChI is InChI=1S/C10H11ClN4O3S/c1-6-3-13-9(18-6)5-15-19(16,17)7-2-8(11)10(12)14-4-7/h2-4,15H,5H2,1H3,(H2,12,14). The van der Waals surface area contributed by atoms with E-state index in [2.05, 4.69) is 14.7 Å². The topological polar surface area (TPSA) is 111 Å². The number of nitrogens with one attached hydrogen (secondary N) is 1. The number of anilines is 1. The summed E-state index contributed by atoms with van der Waals surface area (Å²) in [5.74, 6) is 0.950. The molecule has 0 spiro atoms. The highest BCUT2D eigenvalue weighted by molar-refractivity contribution is 7.89. The second-order valence-electron chi connectivity index (χ2n) is 3.73. The molecular weight excluding hydrogens is 292 g/mol. The van der Waals surface area contributed by atoms with Gasteiger partial charge in [-0.3, -0.25) is 0 Å². The molecule has 0 aromatic carbocycles. The van der Waals surface area contributed by atoms with Crippen molar-refractivity contribution in [2.24, 2.45) is 0 Å². The second kappa shape index (κ2) is 5.16. The molecule has 7 nitrogen and oxygen atoms in total. The summed E-state index contributed by atoms with van der Waals surface area (Å²) in [6.07, 6.45) is 2.63. The van der Waals surface area contributed by atoms with Crippen LogP contribution in [0, 0.1) is 6.92 Å². The number of oxazole rings is 1. The summed E-state index contributed by atoms with van der Waals surface area (Å²) in [6.45, 7) is 1.66. The number of pyridine rings is 1. The van der Waals surface area contributed by atoms with Crippen molar-refractivity contribution in [3.05, 3.63) is 35.1 Å². The third-order valence-corrected chi connectivity index (χ3v) is 3.91. The minimum Gasteiger partial charge on any atom is -0.445 e. The van der Waals surface area contributed by atoms with Gasteiger partial charge in [0.1, 0.15) is 16.5 Å². The van der Waals surface area contributed by atoms with E-state index in [9.17, 15) is 8.42 Å². The minimum atomic E-state index is -3.74. The molecule has 0 unspecified atom stereocenters. The lowest BCUT2D eigenvalue weighted by atomic mass is 10.5. The molecular formula is C10H11ClN4O3S. The van der Waals surface area contributed by atoms with Crippen molar-refractivity contribution in [2.75, 3.05) is 5.73 Å². The lowest BCUT2D eigenvalue weighted by molar-refractivity contribution is 0.463. The van der Waals surface area contributed by atoms with E-state index in [1.807, 2.05) is 0 Å². The Kier molecular flexibility index (Phi) is 3.74. The summed E-state index contributed by atoms with van der Waals surface area (Å²) in [4.78, 5) is 7.51. The summed E-state index contributed by atoms with van der Waals surface area (Å²) in [5.41, 5.74) is 5.42. The van der Waals surface area contributed by atoms with Crippen LogP contribution in [0.5, 0.6) is 0 Å². The number of nitrogen functional groups attached to an aromatic ring is 1. The SMILES string of the molecule is Cc1cnc(CNS(=O)(=O)c2cnc(N)c(Cl)c2)o1. The number of halogens is 1. The van der Waals surface area contributed by atoms with Gasteiger partial charge in [0.25, 0.3) is 0 Å². The molecule has 0 atom stereocenters. The number of hydrogen-bond donors (Lipinski definition) is 2. The third-order valence-electron chi connectivity index (χ3n) is 2.24. The molecule has 3 N–H and O–H groups in total. The molecule has 2 aromatic rings. The number of aromatic nitrogens is 2. The first kappa shape index (κ1) is 13.8. The van der Waals surface area contributed by atoms with Gasteiger partial charge in [-0.2, -0.15) is 0 Å². The normalized spacial score (nSPS) is 11.7. The Morgan fingerprint density at radius 2 is 2.16 bits per heavy atom. The fraction of sp³-hybridized carbons (Fsp3) is 0.200. The number of aryl methyl sites for hydroxylation is 1. The molecule has 0 aliphatic heterocycles. The molecule has 0 radical (unpaired) electrons. The van der Waals surface area contributed by atoms with E-state index in [4.69, 9.17) is 21.8 Å². The Hall–Kier alpha value is -1.64. The molecule has 2 heterocycles. The molecule has 9 heteroatoms. The van der Waals surface area contributed by atoms with Gasteiger partial charge in [-0.05, 0) is 13.0 Å². The van der Waals surface area contributed by atoms with Crippen molar-refractivity contribution in [2.45, 2.75) is 18.4 Å². The number of hydrogen-bond acceptors (Lipinski definition) is 6. The predicted octanol–water partition coefficient (Wildman–Crippen LogP) is 1.09. The number of nitrogens with zero attached hydrogens (tertiary/aromatic N) is 2. The molecule has 0 saturated heterocycles. The van der Waals surface area contributed by atoms with Gasteiger partial charge in [0, 0.05) is 6.20 Å². The fourth-order valence-corrected chi connectivity index (χ4v) is 2.48. The van der Waals surface area contributed by atoms with Crippen LogP contribution < -0.4 is 10.5 Å². The maximum absolute atomic E-state index is 12.0. The monoisotopic (exact) mass is 302 g/mol. The van der Waals surface area contributed by atoms with Crippen LogP contribution in [0.4, 0.5) is 5.82 Å². The highest BCUT2D eigenvalue weighted by atomic mass is 35.5. The highest BCUT2D eigenvalue weighted by Crippen LogP contribution is 2.19. The first-order chi connectivity index (χ1) is 8.88. The molecule has 19 heavy (non-hydrogen) atoms. The van der Waals surface area contributed by atoms with Crippen molar-refractivity contribution in [1.29, 1.82) is 0 Å². The van der Waals surface area contributed by atoms with E-state index in [1.165, 1.54) is 12.3 Å². The van der Waals surface area contributed by atoms with Crippen LogP contribution >= 0.6 is 11.6 Å². The Morgan fingerprint density at radius 3 is 2.74 bits per heavy atom. The Bertz CT molecular complexity index is 699. The van der Waals surface area contributed by atoms with Gasteiger partial charge in [-0.15, -0.1) is 0 Å². The summed E-state index contributed by atoms with van der Waals surface area (Å²) in [5, 5.41) is 0.0786. The van der Waals surface area contributed by atoms with Crippen LogP contribution in [0.25, 0.3) is 0 Å². The fourth-order valence-electron chi connectivity index (χ4n) is 1.30. The first-order valence-corrected chi connectivity index (χ1v) is 7.06. The van der Waals surface area contributed by atoms with E-state index in [0.717, 1.165) is 6.20 Å². The smallest absolute Gasteiger partial charge is 0.242 e. The first-order valence-electron chi connectivity index (χ1n) is 5.20. The molecule has 102 valence electrons. The van der Waals surface area contributed by atoms with E-state index in [-0.39, 0.29) is 28.2 Å². The highest BCUT2D eigenvalue weighted by Gasteiger charge is 2.17. The van der Waals surface area contributed by atoms with Crippen LogP contribution in [0.2, 0.25) is 5.02 Å². The Balaban J connectivity index is 2.16. The van der Waals surface area contributed by atoms with Crippen molar-refractivity contribution in [3.8, 4) is 0 Å². The molecule has 0 saturated carbocycles. The lowest BCUT2D eigenvalue weighted by Gasteiger charge is -2.05. The van der Waals surface area contributed by atoms with Gasteiger partial charge < -0.3 is 10.2 Å². The van der Waals surface area contributed by atoms with Gasteiger partial charge in [-0.1, -0.05) is 11.6 Å². The molecule has 2 aromatic heterocycles. The average Bonchev–Trinajstić information content (AvgIpc) is 2.76. The van der Waals surface area contributed by atoms with E-state index in [1.54, 1.807) is 6.92 Å². The van der Waals surface area contributed by atoms with Crippen LogP contribution in [0.15, 0.2) is 27.8 Å². The molecule has 2 rings (SSSR count). The molecule has 0 aliphatic rings. The number of nitrogens with two attached hydrogens (primary N) is 1. The summed E-state index contributed by atoms with van der Waals surface area (Å²) in [6, 6.07) is 1.23. The van der Waals surface area contributed by atoms with E-state index in [0.29, 0.717) is 5.76 Å².